The molecule has 1 aromatic carbocycles. The molecule has 0 aromatic heterocycles. The topological polar surface area (TPSA) is 12.0 Å². The van der Waals surface area contributed by atoms with E-state index in [0.29, 0.717) is 5.92 Å². The molecule has 1 unspecified atom stereocenters. The lowest BCUT2D eigenvalue weighted by Crippen LogP contribution is -2.28. The lowest BCUT2D eigenvalue weighted by atomic mass is 10.0. The second-order valence-corrected chi connectivity index (χ2v) is 11.5. The van der Waals surface area contributed by atoms with E-state index in [-0.39, 0.29) is 0 Å². The molecule has 0 spiro atoms. The molecule has 0 amide bonds. The van der Waals surface area contributed by atoms with Crippen molar-refractivity contribution in [1.82, 2.24) is 5.32 Å². The average Bonchev–Trinajstić information content (AvgIpc) is 2.16. The quantitative estimate of drug-likeness (QED) is 0.785. The Morgan fingerprint density at radius 3 is 2.38 bits per heavy atom. The first-order valence-corrected chi connectivity index (χ1v) is 9.91. The highest BCUT2D eigenvalue weighted by atomic mass is 35.5. The molecule has 3 heteroatoms. The fraction of sp³-hybridized carbons (Fsp3) is 0.538. The summed E-state index contributed by atoms with van der Waals surface area (Å²) in [6.45, 7) is 8.24. The molecule has 1 rings (SSSR count). The van der Waals surface area contributed by atoms with E-state index in [0.717, 1.165) is 11.6 Å². The lowest BCUT2D eigenvalue weighted by molar-refractivity contribution is 0.670. The van der Waals surface area contributed by atoms with E-state index in [1.165, 1.54) is 11.6 Å². The van der Waals surface area contributed by atoms with E-state index in [9.17, 15) is 0 Å². The largest absolute Gasteiger partial charge is 0.319 e. The van der Waals surface area contributed by atoms with Gasteiger partial charge in [0, 0.05) is 19.6 Å². The smallest absolute Gasteiger partial charge is 0.0449 e. The second-order valence-electron chi connectivity index (χ2n) is 5.54. The summed E-state index contributed by atoms with van der Waals surface area (Å²) in [5.41, 5.74) is 1.29. The number of halogens is 1. The predicted molar refractivity (Wildman–Crippen MR) is 76.3 cm³/mol. The van der Waals surface area contributed by atoms with Crippen LogP contribution in [0.25, 0.3) is 0 Å². The second kappa shape index (κ2) is 5.85. The van der Waals surface area contributed by atoms with Crippen LogP contribution in [-0.2, 0) is 0 Å². The van der Waals surface area contributed by atoms with Crippen LogP contribution in [0, 0.1) is 0 Å². The number of hydrogen-bond donors (Lipinski definition) is 1. The summed E-state index contributed by atoms with van der Waals surface area (Å²) in [5, 5.41) is 4.18. The fourth-order valence-corrected chi connectivity index (χ4v) is 4.22. The van der Waals surface area contributed by atoms with Gasteiger partial charge in [0.05, 0.1) is 0 Å². The van der Waals surface area contributed by atoms with Crippen molar-refractivity contribution in [3.63, 3.8) is 0 Å². The summed E-state index contributed by atoms with van der Waals surface area (Å²) < 4.78 is 0. The van der Waals surface area contributed by atoms with Crippen LogP contribution in [0.15, 0.2) is 24.3 Å². The molecule has 0 aliphatic heterocycles. The molecule has 1 aromatic rings. The van der Waals surface area contributed by atoms with E-state index < -0.39 is 8.07 Å². The van der Waals surface area contributed by atoms with Crippen molar-refractivity contribution in [3.8, 4) is 0 Å². The molecule has 0 fully saturated rings. The molecule has 16 heavy (non-hydrogen) atoms. The first-order valence-electron chi connectivity index (χ1n) is 5.83. The fourth-order valence-electron chi connectivity index (χ4n) is 2.08. The van der Waals surface area contributed by atoms with Crippen LogP contribution in [0.5, 0.6) is 0 Å². The van der Waals surface area contributed by atoms with Crippen molar-refractivity contribution in [2.24, 2.45) is 0 Å². The monoisotopic (exact) mass is 255 g/mol. The van der Waals surface area contributed by atoms with Crippen molar-refractivity contribution >= 4 is 19.7 Å². The summed E-state index contributed by atoms with van der Waals surface area (Å²) >= 11 is 6.27. The van der Waals surface area contributed by atoms with Crippen LogP contribution < -0.4 is 5.32 Å². The summed E-state index contributed by atoms with van der Waals surface area (Å²) in [6, 6.07) is 9.50. The third-order valence-corrected chi connectivity index (χ3v) is 4.72. The van der Waals surface area contributed by atoms with Crippen LogP contribution in [-0.4, -0.2) is 21.7 Å². The van der Waals surface area contributed by atoms with Gasteiger partial charge in [0.15, 0.2) is 0 Å². The minimum absolute atomic E-state index is 0.547. The Kier molecular flexibility index (Phi) is 5.03. The van der Waals surface area contributed by atoms with Crippen LogP contribution in [0.3, 0.4) is 0 Å². The first kappa shape index (κ1) is 13.8. The van der Waals surface area contributed by atoms with Gasteiger partial charge in [-0.2, -0.15) is 0 Å². The zero-order valence-corrected chi connectivity index (χ0v) is 12.4. The Balaban J connectivity index is 2.89. The highest BCUT2D eigenvalue weighted by Gasteiger charge is 2.22. The molecule has 0 aliphatic carbocycles. The van der Waals surface area contributed by atoms with E-state index in [2.05, 4.69) is 37.1 Å². The minimum atomic E-state index is -1.06. The van der Waals surface area contributed by atoms with Crippen LogP contribution in [0.4, 0.5) is 0 Å². The van der Waals surface area contributed by atoms with Gasteiger partial charge in [-0.15, -0.1) is 0 Å². The highest BCUT2D eigenvalue weighted by molar-refractivity contribution is 6.76. The Morgan fingerprint density at radius 1 is 1.25 bits per heavy atom. The SMILES string of the molecule is CNCC(C[Si](C)(C)C)c1ccccc1Cl. The molecule has 0 saturated heterocycles. The predicted octanol–water partition coefficient (Wildman–Crippen LogP) is 3.98. The highest BCUT2D eigenvalue weighted by Crippen LogP contribution is 2.30. The van der Waals surface area contributed by atoms with Crippen LogP contribution in [0.2, 0.25) is 30.7 Å². The first-order chi connectivity index (χ1) is 7.44. The molecule has 1 nitrogen and oxygen atoms in total. The average molecular weight is 256 g/mol. The van der Waals surface area contributed by atoms with Crippen LogP contribution in [0.1, 0.15) is 11.5 Å². The molecule has 0 heterocycles. The number of nitrogens with one attached hydrogen (secondary N) is 1. The zero-order valence-electron chi connectivity index (χ0n) is 10.7. The lowest BCUT2D eigenvalue weighted by Gasteiger charge is -2.25. The summed E-state index contributed by atoms with van der Waals surface area (Å²) in [5.74, 6) is 0.547. The van der Waals surface area contributed by atoms with E-state index in [4.69, 9.17) is 11.6 Å². The Morgan fingerprint density at radius 2 is 1.88 bits per heavy atom. The van der Waals surface area contributed by atoms with E-state index in [1.54, 1.807) is 0 Å². The van der Waals surface area contributed by atoms with Crippen molar-refractivity contribution < 1.29 is 0 Å². The number of likely N-dealkylation sites (N-methyl/N-ethyl adjacent to an activating group) is 1. The molecule has 0 saturated carbocycles. The molecule has 90 valence electrons. The Hall–Kier alpha value is -0.313. The van der Waals surface area contributed by atoms with Crippen LogP contribution >= 0.6 is 11.6 Å². The van der Waals surface area contributed by atoms with Gasteiger partial charge in [0.25, 0.3) is 0 Å². The molecule has 0 radical (unpaired) electrons. The molecule has 1 atom stereocenters. The third kappa shape index (κ3) is 4.28. The van der Waals surface area contributed by atoms with Gasteiger partial charge >= 0.3 is 0 Å². The number of hydrogen-bond acceptors (Lipinski definition) is 1. The van der Waals surface area contributed by atoms with Gasteiger partial charge in [-0.1, -0.05) is 49.4 Å². The maximum absolute atomic E-state index is 6.27. The summed E-state index contributed by atoms with van der Waals surface area (Å²) in [6.07, 6.45) is 0. The molecular formula is C13H22ClNSi. The van der Waals surface area contributed by atoms with Crippen molar-refractivity contribution in [2.45, 2.75) is 31.6 Å². The molecule has 0 aliphatic rings. The third-order valence-electron chi connectivity index (χ3n) is 2.65. The molecule has 0 bridgehead atoms. The van der Waals surface area contributed by atoms with Gasteiger partial charge < -0.3 is 5.32 Å². The van der Waals surface area contributed by atoms with Crippen molar-refractivity contribution in [2.75, 3.05) is 13.6 Å². The zero-order chi connectivity index (χ0) is 12.2. The number of rotatable bonds is 5. The van der Waals surface area contributed by atoms with Gasteiger partial charge in [-0.25, -0.2) is 0 Å². The van der Waals surface area contributed by atoms with Gasteiger partial charge in [-0.05, 0) is 30.6 Å². The molecule has 1 N–H and O–H groups in total. The Bertz CT molecular complexity index is 333. The van der Waals surface area contributed by atoms with Gasteiger partial charge in [0.2, 0.25) is 0 Å². The van der Waals surface area contributed by atoms with Gasteiger partial charge in [-0.3, -0.25) is 0 Å². The van der Waals surface area contributed by atoms with Crippen molar-refractivity contribution in [3.05, 3.63) is 34.9 Å². The maximum Gasteiger partial charge on any atom is 0.0449 e. The Labute approximate surface area is 105 Å². The maximum atomic E-state index is 6.27. The summed E-state index contributed by atoms with van der Waals surface area (Å²) in [4.78, 5) is 0. The van der Waals surface area contributed by atoms with E-state index >= 15 is 0 Å². The molecular weight excluding hydrogens is 234 g/mol. The normalized spacial score (nSPS) is 13.8. The van der Waals surface area contributed by atoms with Gasteiger partial charge in [0.1, 0.15) is 0 Å². The van der Waals surface area contributed by atoms with Crippen molar-refractivity contribution in [1.29, 1.82) is 0 Å². The standard InChI is InChI=1S/C13H22ClNSi/c1-15-9-11(10-16(2,3)4)12-7-5-6-8-13(12)14/h5-8,11,15H,9-10H2,1-4H3. The minimum Gasteiger partial charge on any atom is -0.319 e. The summed E-state index contributed by atoms with van der Waals surface area (Å²) in [7, 11) is 0.946. The number of benzene rings is 1. The van der Waals surface area contributed by atoms with E-state index in [1.807, 2.05) is 19.2 Å².